The molecule has 1 fully saturated rings. The molecule has 1 saturated carbocycles. The van der Waals surface area contributed by atoms with Gasteiger partial charge in [0.1, 0.15) is 35.4 Å². The van der Waals surface area contributed by atoms with E-state index in [1.165, 1.54) is 12.1 Å². The van der Waals surface area contributed by atoms with Crippen molar-refractivity contribution >= 4 is 22.5 Å². The van der Waals surface area contributed by atoms with Crippen LogP contribution in [0.2, 0.25) is 0 Å². The Morgan fingerprint density at radius 3 is 1.03 bits per heavy atom. The first-order chi connectivity index (χ1) is 36.5. The summed E-state index contributed by atoms with van der Waals surface area (Å²) in [6.45, 7) is 15.4. The van der Waals surface area contributed by atoms with Gasteiger partial charge < -0.3 is 0 Å². The van der Waals surface area contributed by atoms with Crippen LogP contribution in [0, 0.1) is 128 Å². The van der Waals surface area contributed by atoms with E-state index in [0.717, 1.165) is 12.1 Å². The maximum atomic E-state index is 16.1. The first-order valence-electron chi connectivity index (χ1n) is 23.1. The number of hydrogen-bond donors (Lipinski definition) is 0. The zero-order valence-electron chi connectivity index (χ0n) is 43.2. The Labute approximate surface area is 380 Å². The molecule has 0 N–H and O–H groups in total. The molecular weight excluding hydrogens is 889 g/mol. The summed E-state index contributed by atoms with van der Waals surface area (Å²) in [4.78, 5) is 5.43. The Morgan fingerprint density at radius 2 is 0.727 bits per heavy atom. The highest BCUT2D eigenvalue weighted by molar-refractivity contribution is 6.13. The van der Waals surface area contributed by atoms with Crippen molar-refractivity contribution in [2.45, 2.75) is 0 Å². The van der Waals surface area contributed by atoms with Crippen molar-refractivity contribution in [3.63, 3.8) is 0 Å². The maximum Gasteiger partial charge on any atom is 0.262 e. The summed E-state index contributed by atoms with van der Waals surface area (Å²) in [6, 6.07) is -14.9. The molecule has 0 radical (unpaired) electrons. The van der Waals surface area contributed by atoms with E-state index in [4.69, 9.17) is 29.6 Å². The summed E-state index contributed by atoms with van der Waals surface area (Å²) >= 11 is 0. The van der Waals surface area contributed by atoms with Crippen LogP contribution in [0.25, 0.3) is 59.9 Å². The van der Waals surface area contributed by atoms with Crippen LogP contribution >= 0.6 is 0 Å². The van der Waals surface area contributed by atoms with Crippen LogP contribution in [-0.4, -0.2) is 0 Å². The number of allylic oxidation sites excluding steroid dienone is 5. The Morgan fingerprint density at radius 1 is 0.424 bits per heavy atom. The third-order valence-electron chi connectivity index (χ3n) is 9.41. The summed E-state index contributed by atoms with van der Waals surface area (Å²) < 4.78 is 292. The zero-order chi connectivity index (χ0) is 58.5. The molecule has 0 atom stereocenters. The Bertz CT molecular complexity index is 3760. The molecule has 0 aromatic heterocycles. The molecule has 6 nitrogen and oxygen atoms in total. The Hall–Kier alpha value is -9.36. The van der Waals surface area contributed by atoms with Gasteiger partial charge in [0.2, 0.25) is 5.70 Å². The van der Waals surface area contributed by atoms with Crippen molar-refractivity contribution in [3.8, 4) is 57.7 Å². The number of benzene rings is 6. The van der Waals surface area contributed by atoms with Crippen LogP contribution in [0.15, 0.2) is 89.2 Å². The lowest BCUT2D eigenvalue weighted by Crippen LogP contribution is -2.05. The third-order valence-corrected chi connectivity index (χ3v) is 9.41. The normalized spacial score (nSPS) is 16.5. The number of halogens is 12. The predicted octanol–water partition coefficient (Wildman–Crippen LogP) is 13.2. The van der Waals surface area contributed by atoms with E-state index < -0.39 is 243 Å². The standard InChI is InChI=1S/C48H12F12N6/c1-65-47(24-14-8-7-13-23(24)33-43(57)45(59)48(66-2)46(60)44(33)58)34-29(25(15-61)19-9-3-5-11-21(19)31-39(53)35(49)27(17-63)36(50)40(31)54)30(34)26(16-62)20-10-4-6-12-22(20)32-41(55)37(51)28(18-64)38(52)42(32)56/h3-14H/b29-25-,30-26+,47-34?/i3D,4D,5D,6D,7D,8D,9D,10D,11D,12D,13D,14D. The second-order valence-corrected chi connectivity index (χ2v) is 12.6. The maximum absolute atomic E-state index is 16.1. The van der Waals surface area contributed by atoms with Crippen molar-refractivity contribution in [1.29, 1.82) is 21.0 Å². The molecule has 1 aliphatic rings. The van der Waals surface area contributed by atoms with Gasteiger partial charge in [0.05, 0.1) is 57.4 Å². The molecule has 7 rings (SSSR count). The second-order valence-electron chi connectivity index (χ2n) is 12.6. The van der Waals surface area contributed by atoms with Crippen molar-refractivity contribution < 1.29 is 69.1 Å². The summed E-state index contributed by atoms with van der Waals surface area (Å²) in [5, 5.41) is 40.6. The average Bonchev–Trinajstić information content (AvgIpc) is 4.17. The number of rotatable bonds is 6. The van der Waals surface area contributed by atoms with Crippen molar-refractivity contribution in [2.75, 3.05) is 0 Å². The topological polar surface area (TPSA) is 104 Å². The smallest absolute Gasteiger partial charge is 0.237 e. The van der Waals surface area contributed by atoms with Gasteiger partial charge >= 0.3 is 0 Å². The van der Waals surface area contributed by atoms with Crippen LogP contribution in [-0.2, 0) is 0 Å². The van der Waals surface area contributed by atoms with Crippen LogP contribution in [0.4, 0.5) is 58.4 Å². The third kappa shape index (κ3) is 6.66. The van der Waals surface area contributed by atoms with Crippen LogP contribution in [0.3, 0.4) is 0 Å². The van der Waals surface area contributed by atoms with E-state index >= 15 is 52.7 Å². The minimum absolute atomic E-state index is 0.804. The second kappa shape index (κ2) is 17.1. The van der Waals surface area contributed by atoms with E-state index in [1.807, 2.05) is 0 Å². The highest BCUT2D eigenvalue weighted by atomic mass is 19.2. The lowest BCUT2D eigenvalue weighted by molar-refractivity contribution is 0.454. The monoisotopic (exact) mass is 912 g/mol. The highest BCUT2D eigenvalue weighted by Gasteiger charge is 2.43. The van der Waals surface area contributed by atoms with Crippen molar-refractivity contribution in [3.05, 3.63) is 210 Å². The molecule has 0 bridgehead atoms. The molecule has 6 aromatic carbocycles. The fourth-order valence-corrected chi connectivity index (χ4v) is 6.52. The van der Waals surface area contributed by atoms with Gasteiger partial charge in [0.15, 0.2) is 69.8 Å². The Balaban J connectivity index is 1.88. The molecule has 0 heterocycles. The number of nitriles is 4. The first kappa shape index (κ1) is 31.5. The lowest BCUT2D eigenvalue weighted by Gasteiger charge is -2.13. The minimum atomic E-state index is -2.60. The molecule has 6 aromatic rings. The molecular formula is C48H12F12N6. The molecule has 18 heteroatoms. The zero-order valence-corrected chi connectivity index (χ0v) is 31.2. The highest BCUT2D eigenvalue weighted by Crippen LogP contribution is 2.58. The van der Waals surface area contributed by atoms with E-state index in [1.54, 1.807) is 0 Å². The quantitative estimate of drug-likeness (QED) is 0.0718. The average molecular weight is 913 g/mol. The van der Waals surface area contributed by atoms with Crippen molar-refractivity contribution in [2.24, 2.45) is 0 Å². The SMILES string of the molecule is [2H]c1c([2H])c([2H])c(-c2c(F)c(F)c([N+]#[C-])c(F)c2F)c(C([N+]#[C-])=C2C(=C(\C#N)c3c([2H])c([2H])c([2H])c([2H])c3-c3c(F)c(F)c(C#N)c(F)c3F)/C2=C(\C#N)c2c([2H])c([2H])c([2H])c([2H])c2-c2c(F)c(F)c(C#N)c(F)c2F)c1[2H]. The molecule has 0 aliphatic heterocycles. The van der Waals surface area contributed by atoms with Gasteiger partial charge in [-0.2, -0.15) is 21.0 Å². The van der Waals surface area contributed by atoms with Gasteiger partial charge in [0, 0.05) is 11.1 Å². The van der Waals surface area contributed by atoms with Crippen LogP contribution in [0.5, 0.6) is 0 Å². The molecule has 0 spiro atoms. The molecule has 0 saturated heterocycles. The van der Waals surface area contributed by atoms with E-state index in [0.29, 0.717) is 0 Å². The van der Waals surface area contributed by atoms with Gasteiger partial charge in [-0.15, -0.1) is 0 Å². The van der Waals surface area contributed by atoms with Gasteiger partial charge in [-0.25, -0.2) is 62.4 Å². The fraction of sp³-hybridized carbons (Fsp3) is 0. The molecule has 1 aliphatic carbocycles. The minimum Gasteiger partial charge on any atom is -0.237 e. The van der Waals surface area contributed by atoms with E-state index in [9.17, 15) is 21.0 Å². The van der Waals surface area contributed by atoms with E-state index in [-0.39, 0.29) is 0 Å². The first-order valence-corrected chi connectivity index (χ1v) is 17.1. The summed E-state index contributed by atoms with van der Waals surface area (Å²) in [7, 11) is 0. The number of hydrogen-bond acceptors (Lipinski definition) is 4. The largest absolute Gasteiger partial charge is 0.262 e. The van der Waals surface area contributed by atoms with Gasteiger partial charge in [0.25, 0.3) is 5.69 Å². The predicted molar refractivity (Wildman–Crippen MR) is 209 cm³/mol. The lowest BCUT2D eigenvalue weighted by atomic mass is 9.91. The van der Waals surface area contributed by atoms with Gasteiger partial charge in [-0.3, -0.25) is 0 Å². The van der Waals surface area contributed by atoms with Crippen molar-refractivity contribution in [1.82, 2.24) is 0 Å². The number of nitrogens with zero attached hydrogens (tertiary/aromatic N) is 6. The fourth-order valence-electron chi connectivity index (χ4n) is 6.52. The van der Waals surface area contributed by atoms with E-state index in [2.05, 4.69) is 9.69 Å². The molecule has 66 heavy (non-hydrogen) atoms. The molecule has 0 unspecified atom stereocenters. The summed E-state index contributed by atoms with van der Waals surface area (Å²) in [6.07, 6.45) is 0. The molecule has 318 valence electrons. The van der Waals surface area contributed by atoms with Gasteiger partial charge in [-0.1, -0.05) is 72.5 Å². The van der Waals surface area contributed by atoms with Crippen LogP contribution in [0.1, 0.15) is 44.3 Å². The molecule has 0 amide bonds. The summed E-state index contributed by atoms with van der Waals surface area (Å²) in [5.41, 5.74) is -31.5. The Kier molecular flexibility index (Phi) is 8.14. The summed E-state index contributed by atoms with van der Waals surface area (Å²) in [5.74, 6) is -30.7. The van der Waals surface area contributed by atoms with Gasteiger partial charge in [-0.05, 0) is 39.0 Å². The van der Waals surface area contributed by atoms with Crippen LogP contribution < -0.4 is 0 Å².